The highest BCUT2D eigenvalue weighted by Crippen LogP contribution is 2.17. The van der Waals surface area contributed by atoms with E-state index in [1.165, 1.54) is 0 Å². The smallest absolute Gasteiger partial charge is 0.321 e. The molecule has 0 unspecified atom stereocenters. The minimum absolute atomic E-state index is 0.109. The molecule has 0 aliphatic carbocycles. The molecule has 1 rings (SSSR count). The highest BCUT2D eigenvalue weighted by Gasteiger charge is 2.08. The molecule has 0 spiro atoms. The Morgan fingerprint density at radius 1 is 1.40 bits per heavy atom. The lowest BCUT2D eigenvalue weighted by atomic mass is 10.3. The molecule has 4 heteroatoms. The number of hydrogen-bond acceptors (Lipinski definition) is 2. The van der Waals surface area contributed by atoms with Gasteiger partial charge in [0.05, 0.1) is 7.11 Å². The van der Waals surface area contributed by atoms with Gasteiger partial charge in [0.15, 0.2) is 0 Å². The van der Waals surface area contributed by atoms with E-state index in [0.29, 0.717) is 6.54 Å². The van der Waals surface area contributed by atoms with Gasteiger partial charge < -0.3 is 10.1 Å². The van der Waals surface area contributed by atoms with Gasteiger partial charge in [-0.1, -0.05) is 0 Å². The summed E-state index contributed by atoms with van der Waals surface area (Å²) in [5, 5.41) is 2.73. The van der Waals surface area contributed by atoms with Gasteiger partial charge >= 0.3 is 6.03 Å². The van der Waals surface area contributed by atoms with Crippen molar-refractivity contribution in [2.75, 3.05) is 25.6 Å². The molecule has 0 saturated carbocycles. The number of nitrogens with one attached hydrogen (secondary N) is 1. The molecular formula is C11H16N2O2. The van der Waals surface area contributed by atoms with Crippen LogP contribution in [0.1, 0.15) is 6.92 Å². The average Bonchev–Trinajstić information content (AvgIpc) is 2.28. The highest BCUT2D eigenvalue weighted by atomic mass is 16.5. The van der Waals surface area contributed by atoms with Crippen LogP contribution in [0.3, 0.4) is 0 Å². The number of anilines is 1. The van der Waals surface area contributed by atoms with Crippen molar-refractivity contribution < 1.29 is 9.53 Å². The van der Waals surface area contributed by atoms with Crippen LogP contribution in [0.4, 0.5) is 10.5 Å². The standard InChI is InChI=1S/C11H16N2O2/c1-4-12-11(14)13(2)9-5-7-10(15-3)8-6-9/h5-8H,4H2,1-3H3,(H,12,14). The van der Waals surface area contributed by atoms with E-state index in [2.05, 4.69) is 5.32 Å². The third kappa shape index (κ3) is 2.87. The van der Waals surface area contributed by atoms with Gasteiger partial charge in [0.25, 0.3) is 0 Å². The normalized spacial score (nSPS) is 9.53. The van der Waals surface area contributed by atoms with Crippen molar-refractivity contribution in [3.8, 4) is 5.75 Å². The number of urea groups is 1. The summed E-state index contributed by atoms with van der Waals surface area (Å²) in [5.41, 5.74) is 0.835. The van der Waals surface area contributed by atoms with Crippen molar-refractivity contribution in [3.05, 3.63) is 24.3 Å². The van der Waals surface area contributed by atoms with Crippen LogP contribution in [-0.2, 0) is 0 Å². The molecule has 82 valence electrons. The maximum atomic E-state index is 11.5. The summed E-state index contributed by atoms with van der Waals surface area (Å²) in [6, 6.07) is 7.22. The number of carbonyl (C=O) groups is 1. The van der Waals surface area contributed by atoms with Gasteiger partial charge in [-0.15, -0.1) is 0 Å². The SMILES string of the molecule is CCNC(=O)N(C)c1ccc(OC)cc1. The monoisotopic (exact) mass is 208 g/mol. The molecule has 0 fully saturated rings. The average molecular weight is 208 g/mol. The molecule has 0 aromatic heterocycles. The Morgan fingerprint density at radius 2 is 2.00 bits per heavy atom. The fourth-order valence-corrected chi connectivity index (χ4v) is 1.19. The number of methoxy groups -OCH3 is 1. The number of rotatable bonds is 3. The molecule has 1 aromatic carbocycles. The Morgan fingerprint density at radius 3 is 2.47 bits per heavy atom. The summed E-state index contributed by atoms with van der Waals surface area (Å²) >= 11 is 0. The van der Waals surface area contributed by atoms with Crippen molar-refractivity contribution in [2.24, 2.45) is 0 Å². The molecule has 4 nitrogen and oxygen atoms in total. The predicted octanol–water partition coefficient (Wildman–Crippen LogP) is 1.86. The summed E-state index contributed by atoms with van der Waals surface area (Å²) in [6.07, 6.45) is 0. The molecule has 0 heterocycles. The zero-order valence-electron chi connectivity index (χ0n) is 9.28. The lowest BCUT2D eigenvalue weighted by molar-refractivity contribution is 0.248. The first-order valence-corrected chi connectivity index (χ1v) is 4.84. The molecule has 2 amide bonds. The lowest BCUT2D eigenvalue weighted by Gasteiger charge is -2.17. The molecule has 1 N–H and O–H groups in total. The molecule has 0 atom stereocenters. The number of amides is 2. The van der Waals surface area contributed by atoms with E-state index in [4.69, 9.17) is 4.74 Å². The fraction of sp³-hybridized carbons (Fsp3) is 0.364. The Bertz CT molecular complexity index is 322. The third-order valence-electron chi connectivity index (χ3n) is 2.09. The van der Waals surface area contributed by atoms with Gasteiger partial charge in [-0.3, -0.25) is 4.90 Å². The van der Waals surface area contributed by atoms with E-state index in [9.17, 15) is 4.79 Å². The number of ether oxygens (including phenoxy) is 1. The lowest BCUT2D eigenvalue weighted by Crippen LogP contribution is -2.36. The van der Waals surface area contributed by atoms with Crippen molar-refractivity contribution >= 4 is 11.7 Å². The quantitative estimate of drug-likeness (QED) is 0.823. The number of nitrogens with zero attached hydrogens (tertiary/aromatic N) is 1. The first-order chi connectivity index (χ1) is 7.19. The molecule has 0 radical (unpaired) electrons. The van der Waals surface area contributed by atoms with E-state index in [1.54, 1.807) is 19.1 Å². The fourth-order valence-electron chi connectivity index (χ4n) is 1.19. The van der Waals surface area contributed by atoms with Gasteiger partial charge in [0, 0.05) is 19.3 Å². The number of carbonyl (C=O) groups excluding carboxylic acids is 1. The van der Waals surface area contributed by atoms with Crippen LogP contribution in [0.15, 0.2) is 24.3 Å². The molecule has 0 aliphatic heterocycles. The largest absolute Gasteiger partial charge is 0.497 e. The maximum absolute atomic E-state index is 11.5. The van der Waals surface area contributed by atoms with Crippen LogP contribution < -0.4 is 15.0 Å². The van der Waals surface area contributed by atoms with Gasteiger partial charge in [-0.25, -0.2) is 4.79 Å². The van der Waals surface area contributed by atoms with Crippen molar-refractivity contribution in [1.29, 1.82) is 0 Å². The van der Waals surface area contributed by atoms with Crippen LogP contribution in [0, 0.1) is 0 Å². The van der Waals surface area contributed by atoms with E-state index in [-0.39, 0.29) is 6.03 Å². The zero-order valence-corrected chi connectivity index (χ0v) is 9.28. The van der Waals surface area contributed by atoms with E-state index >= 15 is 0 Å². The minimum atomic E-state index is -0.109. The molecule has 0 saturated heterocycles. The second kappa shape index (κ2) is 5.24. The Balaban J connectivity index is 2.73. The van der Waals surface area contributed by atoms with Gasteiger partial charge in [-0.2, -0.15) is 0 Å². The summed E-state index contributed by atoms with van der Waals surface area (Å²) in [6.45, 7) is 2.51. The van der Waals surface area contributed by atoms with E-state index in [1.807, 2.05) is 31.2 Å². The summed E-state index contributed by atoms with van der Waals surface area (Å²) in [4.78, 5) is 13.0. The summed E-state index contributed by atoms with van der Waals surface area (Å²) in [7, 11) is 3.34. The van der Waals surface area contributed by atoms with Crippen molar-refractivity contribution in [1.82, 2.24) is 5.32 Å². The second-order valence-corrected chi connectivity index (χ2v) is 3.09. The topological polar surface area (TPSA) is 41.6 Å². The second-order valence-electron chi connectivity index (χ2n) is 3.09. The first kappa shape index (κ1) is 11.4. The third-order valence-corrected chi connectivity index (χ3v) is 2.09. The van der Waals surface area contributed by atoms with E-state index < -0.39 is 0 Å². The predicted molar refractivity (Wildman–Crippen MR) is 60.5 cm³/mol. The molecule has 0 aliphatic rings. The summed E-state index contributed by atoms with van der Waals surface area (Å²) < 4.78 is 5.04. The van der Waals surface area contributed by atoms with E-state index in [0.717, 1.165) is 11.4 Å². The zero-order chi connectivity index (χ0) is 11.3. The van der Waals surface area contributed by atoms with Crippen LogP contribution >= 0.6 is 0 Å². The van der Waals surface area contributed by atoms with Crippen LogP contribution in [-0.4, -0.2) is 26.7 Å². The van der Waals surface area contributed by atoms with Gasteiger partial charge in [-0.05, 0) is 31.2 Å². The Kier molecular flexibility index (Phi) is 3.97. The van der Waals surface area contributed by atoms with Crippen LogP contribution in [0.2, 0.25) is 0 Å². The van der Waals surface area contributed by atoms with Crippen molar-refractivity contribution in [3.63, 3.8) is 0 Å². The highest BCUT2D eigenvalue weighted by molar-refractivity contribution is 5.91. The molecular weight excluding hydrogens is 192 g/mol. The maximum Gasteiger partial charge on any atom is 0.321 e. The molecule has 0 bridgehead atoms. The first-order valence-electron chi connectivity index (χ1n) is 4.84. The number of hydrogen-bond donors (Lipinski definition) is 1. The number of benzene rings is 1. The Labute approximate surface area is 89.8 Å². The van der Waals surface area contributed by atoms with Gasteiger partial charge in [0.2, 0.25) is 0 Å². The minimum Gasteiger partial charge on any atom is -0.497 e. The Hall–Kier alpha value is -1.71. The van der Waals surface area contributed by atoms with Crippen LogP contribution in [0.5, 0.6) is 5.75 Å². The molecule has 15 heavy (non-hydrogen) atoms. The van der Waals surface area contributed by atoms with Crippen LogP contribution in [0.25, 0.3) is 0 Å². The van der Waals surface area contributed by atoms with Gasteiger partial charge in [0.1, 0.15) is 5.75 Å². The summed E-state index contributed by atoms with van der Waals surface area (Å²) in [5.74, 6) is 0.781. The van der Waals surface area contributed by atoms with Crippen molar-refractivity contribution in [2.45, 2.75) is 6.92 Å². The molecule has 1 aromatic rings.